The summed E-state index contributed by atoms with van der Waals surface area (Å²) in [5.41, 5.74) is 9.81. The Balaban J connectivity index is 1.89. The number of nitrogens with two attached hydrogens (primary N) is 1. The Morgan fingerprint density at radius 1 is 1.11 bits per heavy atom. The molecule has 19 heavy (non-hydrogen) atoms. The standard InChI is InChI=1S/C16H17FN2/c1-11(18)12-6-7-16(15(17)8-12)19-9-13-4-2-3-5-14(13)10-19/h2-8,11H,9-10,18H2,1H3. The van der Waals surface area contributed by atoms with Crippen LogP contribution in [0.15, 0.2) is 42.5 Å². The minimum atomic E-state index is -0.192. The summed E-state index contributed by atoms with van der Waals surface area (Å²) in [6, 6.07) is 13.4. The van der Waals surface area contributed by atoms with Gasteiger partial charge in [-0.25, -0.2) is 4.39 Å². The molecule has 98 valence electrons. The molecule has 0 spiro atoms. The van der Waals surface area contributed by atoms with E-state index in [1.165, 1.54) is 11.1 Å². The fraction of sp³-hybridized carbons (Fsp3) is 0.250. The number of anilines is 1. The van der Waals surface area contributed by atoms with Crippen molar-refractivity contribution in [1.29, 1.82) is 0 Å². The summed E-state index contributed by atoms with van der Waals surface area (Å²) in [5.74, 6) is -0.192. The molecule has 0 saturated heterocycles. The molecule has 1 heterocycles. The van der Waals surface area contributed by atoms with Crippen LogP contribution in [0.25, 0.3) is 0 Å². The topological polar surface area (TPSA) is 29.3 Å². The Morgan fingerprint density at radius 3 is 2.26 bits per heavy atom. The van der Waals surface area contributed by atoms with Crippen LogP contribution in [0.3, 0.4) is 0 Å². The van der Waals surface area contributed by atoms with E-state index in [4.69, 9.17) is 5.73 Å². The first-order valence-electron chi connectivity index (χ1n) is 6.52. The molecule has 0 saturated carbocycles. The van der Waals surface area contributed by atoms with Gasteiger partial charge in [-0.2, -0.15) is 0 Å². The minimum absolute atomic E-state index is 0.140. The van der Waals surface area contributed by atoms with Crippen LogP contribution in [0.1, 0.15) is 29.7 Å². The smallest absolute Gasteiger partial charge is 0.146 e. The van der Waals surface area contributed by atoms with Crippen molar-refractivity contribution in [1.82, 2.24) is 0 Å². The SMILES string of the molecule is CC(N)c1ccc(N2Cc3ccccc3C2)c(F)c1. The molecule has 1 aliphatic heterocycles. The second kappa shape index (κ2) is 4.67. The van der Waals surface area contributed by atoms with E-state index in [0.717, 1.165) is 18.7 Å². The third-order valence-electron chi connectivity index (χ3n) is 3.68. The number of fused-ring (bicyclic) bond motifs is 1. The van der Waals surface area contributed by atoms with Crippen molar-refractivity contribution >= 4 is 5.69 Å². The Morgan fingerprint density at radius 2 is 1.74 bits per heavy atom. The van der Waals surface area contributed by atoms with Gasteiger partial charge in [0.15, 0.2) is 0 Å². The molecule has 3 heteroatoms. The normalized spacial score (nSPS) is 15.4. The van der Waals surface area contributed by atoms with Crippen LogP contribution in [-0.4, -0.2) is 0 Å². The molecule has 2 aromatic carbocycles. The van der Waals surface area contributed by atoms with E-state index in [1.807, 2.05) is 31.2 Å². The average Bonchev–Trinajstić information content (AvgIpc) is 2.81. The molecule has 2 aromatic rings. The molecule has 2 N–H and O–H groups in total. The maximum absolute atomic E-state index is 14.2. The van der Waals surface area contributed by atoms with E-state index in [0.29, 0.717) is 5.69 Å². The van der Waals surface area contributed by atoms with Gasteiger partial charge in [-0.15, -0.1) is 0 Å². The lowest BCUT2D eigenvalue weighted by molar-refractivity contribution is 0.614. The van der Waals surface area contributed by atoms with E-state index in [2.05, 4.69) is 17.0 Å². The molecular weight excluding hydrogens is 239 g/mol. The monoisotopic (exact) mass is 256 g/mol. The van der Waals surface area contributed by atoms with Gasteiger partial charge < -0.3 is 10.6 Å². The Kier molecular flexibility index (Phi) is 2.99. The summed E-state index contributed by atoms with van der Waals surface area (Å²) in [4.78, 5) is 2.06. The van der Waals surface area contributed by atoms with Gasteiger partial charge in [-0.05, 0) is 35.7 Å². The van der Waals surface area contributed by atoms with Gasteiger partial charge in [0.1, 0.15) is 5.82 Å². The first-order valence-corrected chi connectivity index (χ1v) is 6.52. The van der Waals surface area contributed by atoms with Gasteiger partial charge in [0.05, 0.1) is 5.69 Å². The lowest BCUT2D eigenvalue weighted by atomic mass is 10.1. The average molecular weight is 256 g/mol. The molecule has 2 nitrogen and oxygen atoms in total. The summed E-state index contributed by atoms with van der Waals surface area (Å²) in [6.45, 7) is 3.40. The summed E-state index contributed by atoms with van der Waals surface area (Å²) >= 11 is 0. The maximum Gasteiger partial charge on any atom is 0.146 e. The van der Waals surface area contributed by atoms with Gasteiger partial charge in [0.2, 0.25) is 0 Å². The number of rotatable bonds is 2. The molecule has 0 aromatic heterocycles. The van der Waals surface area contributed by atoms with Crippen LogP contribution in [0.2, 0.25) is 0 Å². The number of benzene rings is 2. The van der Waals surface area contributed by atoms with Crippen LogP contribution in [0, 0.1) is 5.82 Å². The predicted octanol–water partition coefficient (Wildman–Crippen LogP) is 3.37. The zero-order valence-corrected chi connectivity index (χ0v) is 10.9. The molecule has 0 aliphatic carbocycles. The molecule has 0 fully saturated rings. The number of hydrogen-bond donors (Lipinski definition) is 1. The molecule has 3 rings (SSSR count). The highest BCUT2D eigenvalue weighted by Crippen LogP contribution is 2.30. The lowest BCUT2D eigenvalue weighted by Gasteiger charge is -2.19. The summed E-state index contributed by atoms with van der Waals surface area (Å²) in [5, 5.41) is 0. The van der Waals surface area contributed by atoms with Gasteiger partial charge in [-0.3, -0.25) is 0 Å². The summed E-state index contributed by atoms with van der Waals surface area (Å²) < 4.78 is 14.2. The van der Waals surface area contributed by atoms with Gasteiger partial charge in [0, 0.05) is 19.1 Å². The molecule has 1 atom stereocenters. The largest absolute Gasteiger partial charge is 0.360 e. The highest BCUT2D eigenvalue weighted by Gasteiger charge is 2.21. The van der Waals surface area contributed by atoms with Crippen molar-refractivity contribution in [3.05, 3.63) is 65.0 Å². The molecule has 0 bridgehead atoms. The van der Waals surface area contributed by atoms with Crippen LogP contribution < -0.4 is 10.6 Å². The van der Waals surface area contributed by atoms with Crippen LogP contribution in [-0.2, 0) is 13.1 Å². The van der Waals surface area contributed by atoms with Crippen LogP contribution in [0.4, 0.5) is 10.1 Å². The van der Waals surface area contributed by atoms with Crippen LogP contribution in [0.5, 0.6) is 0 Å². The van der Waals surface area contributed by atoms with Crippen molar-refractivity contribution in [3.63, 3.8) is 0 Å². The van der Waals surface area contributed by atoms with E-state index in [1.54, 1.807) is 6.07 Å². The van der Waals surface area contributed by atoms with E-state index < -0.39 is 0 Å². The molecule has 1 aliphatic rings. The third kappa shape index (κ3) is 2.22. The number of nitrogens with zero attached hydrogens (tertiary/aromatic N) is 1. The maximum atomic E-state index is 14.2. The van der Waals surface area contributed by atoms with Crippen molar-refractivity contribution in [3.8, 4) is 0 Å². The first-order chi connectivity index (χ1) is 9.15. The molecule has 0 amide bonds. The van der Waals surface area contributed by atoms with Gasteiger partial charge in [-0.1, -0.05) is 30.3 Å². The Hall–Kier alpha value is -1.87. The molecular formula is C16H17FN2. The quantitative estimate of drug-likeness (QED) is 0.892. The van der Waals surface area contributed by atoms with Crippen LogP contribution >= 0.6 is 0 Å². The fourth-order valence-electron chi connectivity index (χ4n) is 2.57. The van der Waals surface area contributed by atoms with Crippen molar-refractivity contribution in [2.24, 2.45) is 5.73 Å². The van der Waals surface area contributed by atoms with Gasteiger partial charge in [0.25, 0.3) is 0 Å². The van der Waals surface area contributed by atoms with Crippen molar-refractivity contribution in [2.75, 3.05) is 4.90 Å². The third-order valence-corrected chi connectivity index (χ3v) is 3.68. The van der Waals surface area contributed by atoms with Gasteiger partial charge >= 0.3 is 0 Å². The summed E-state index contributed by atoms with van der Waals surface area (Å²) in [7, 11) is 0. The second-order valence-corrected chi connectivity index (χ2v) is 5.12. The number of halogens is 1. The Labute approximate surface area is 112 Å². The van der Waals surface area contributed by atoms with E-state index >= 15 is 0 Å². The fourth-order valence-corrected chi connectivity index (χ4v) is 2.57. The molecule has 0 radical (unpaired) electrons. The minimum Gasteiger partial charge on any atom is -0.360 e. The van der Waals surface area contributed by atoms with Crippen molar-refractivity contribution < 1.29 is 4.39 Å². The Bertz CT molecular complexity index is 582. The first kappa shape index (κ1) is 12.2. The lowest BCUT2D eigenvalue weighted by Crippen LogP contribution is -2.16. The molecule has 1 unspecified atom stereocenters. The van der Waals surface area contributed by atoms with E-state index in [9.17, 15) is 4.39 Å². The summed E-state index contributed by atoms with van der Waals surface area (Å²) in [6.07, 6.45) is 0. The highest BCUT2D eigenvalue weighted by molar-refractivity contribution is 5.53. The zero-order valence-electron chi connectivity index (χ0n) is 10.9. The van der Waals surface area contributed by atoms with E-state index in [-0.39, 0.29) is 11.9 Å². The predicted molar refractivity (Wildman–Crippen MR) is 75.3 cm³/mol. The zero-order chi connectivity index (χ0) is 13.4. The van der Waals surface area contributed by atoms with Crippen molar-refractivity contribution in [2.45, 2.75) is 26.1 Å². The second-order valence-electron chi connectivity index (χ2n) is 5.12. The number of hydrogen-bond acceptors (Lipinski definition) is 2. The highest BCUT2D eigenvalue weighted by atomic mass is 19.1.